The second-order valence-electron chi connectivity index (χ2n) is 9.88. The molecule has 0 unspecified atom stereocenters. The van der Waals surface area contributed by atoms with E-state index in [2.05, 4.69) is 15.9 Å². The van der Waals surface area contributed by atoms with Crippen LogP contribution < -0.4 is 14.2 Å². The van der Waals surface area contributed by atoms with Gasteiger partial charge in [-0.2, -0.15) is 0 Å². The highest BCUT2D eigenvalue weighted by Gasteiger charge is 2.42. The summed E-state index contributed by atoms with van der Waals surface area (Å²) in [7, 11) is 4.54. The van der Waals surface area contributed by atoms with Gasteiger partial charge in [0.1, 0.15) is 39.0 Å². The molecule has 0 atom stereocenters. The molecule has 1 aliphatic carbocycles. The Kier molecular flexibility index (Phi) is 5.98. The fourth-order valence-electron chi connectivity index (χ4n) is 5.50. The second kappa shape index (κ2) is 8.84. The van der Waals surface area contributed by atoms with Crippen LogP contribution >= 0.6 is 15.9 Å². The zero-order valence-electron chi connectivity index (χ0n) is 21.8. The topological polar surface area (TPSA) is 105 Å². The Labute approximate surface area is 228 Å². The number of hydrogen-bond acceptors (Lipinski definition) is 7. The summed E-state index contributed by atoms with van der Waals surface area (Å²) in [5, 5.41) is 34.8. The highest BCUT2D eigenvalue weighted by molar-refractivity contribution is 9.10. The zero-order chi connectivity index (χ0) is 27.7. The fourth-order valence-corrected chi connectivity index (χ4v) is 5.97. The summed E-state index contributed by atoms with van der Waals surface area (Å²) < 4.78 is 16.5. The number of ketones is 1. The van der Waals surface area contributed by atoms with Gasteiger partial charge >= 0.3 is 0 Å². The van der Waals surface area contributed by atoms with Crippen LogP contribution in [0, 0.1) is 6.92 Å². The van der Waals surface area contributed by atoms with Crippen molar-refractivity contribution in [2.45, 2.75) is 26.2 Å². The first-order valence-corrected chi connectivity index (χ1v) is 12.7. The molecule has 0 aromatic heterocycles. The molecule has 5 rings (SSSR count). The Morgan fingerprint density at radius 2 is 1.37 bits per heavy atom. The third-order valence-electron chi connectivity index (χ3n) is 7.44. The third kappa shape index (κ3) is 3.50. The largest absolute Gasteiger partial charge is 0.507 e. The molecular weight excluding hydrogens is 552 g/mol. The molecule has 196 valence electrons. The number of aryl methyl sites for hydroxylation is 1. The first-order chi connectivity index (χ1) is 18.0. The SMILES string of the molecule is COc1cc(C)c(-c2cc(OC)cc3cc4c(c(O)c23)C(=O)c2c(cc(OC)c(Br)c2O)C4(C)C)c(O)c1. The Bertz CT molecular complexity index is 1650. The average molecular weight is 579 g/mol. The number of fused-ring (bicyclic) bond motifs is 3. The molecule has 0 fully saturated rings. The van der Waals surface area contributed by atoms with Crippen LogP contribution in [0.2, 0.25) is 0 Å². The van der Waals surface area contributed by atoms with Crippen molar-refractivity contribution >= 4 is 32.5 Å². The van der Waals surface area contributed by atoms with E-state index in [9.17, 15) is 20.1 Å². The molecule has 0 saturated heterocycles. The molecule has 4 aromatic rings. The minimum atomic E-state index is -0.781. The van der Waals surface area contributed by atoms with Gasteiger partial charge in [-0.25, -0.2) is 0 Å². The number of methoxy groups -OCH3 is 3. The van der Waals surface area contributed by atoms with E-state index in [1.807, 2.05) is 26.8 Å². The average Bonchev–Trinajstić information content (AvgIpc) is 2.87. The predicted octanol–water partition coefficient (Wildman–Crippen LogP) is 6.59. The Balaban J connectivity index is 1.91. The van der Waals surface area contributed by atoms with E-state index in [-0.39, 0.29) is 32.8 Å². The van der Waals surface area contributed by atoms with Crippen LogP contribution in [0.15, 0.2) is 40.9 Å². The summed E-state index contributed by atoms with van der Waals surface area (Å²) in [6.45, 7) is 5.68. The quantitative estimate of drug-likeness (QED) is 0.251. The van der Waals surface area contributed by atoms with Gasteiger partial charge in [-0.15, -0.1) is 0 Å². The Morgan fingerprint density at radius 3 is 1.97 bits per heavy atom. The summed E-state index contributed by atoms with van der Waals surface area (Å²) in [4.78, 5) is 13.9. The van der Waals surface area contributed by atoms with Crippen molar-refractivity contribution in [2.24, 2.45) is 0 Å². The van der Waals surface area contributed by atoms with E-state index >= 15 is 0 Å². The number of aromatic hydroxyl groups is 3. The summed E-state index contributed by atoms with van der Waals surface area (Å²) in [6, 6.07) is 10.4. The molecule has 7 nitrogen and oxygen atoms in total. The third-order valence-corrected chi connectivity index (χ3v) is 8.21. The predicted molar refractivity (Wildman–Crippen MR) is 148 cm³/mol. The number of phenolic OH excluding ortho intramolecular Hbond substituents is 3. The van der Waals surface area contributed by atoms with E-state index in [4.69, 9.17) is 14.2 Å². The molecule has 8 heteroatoms. The van der Waals surface area contributed by atoms with E-state index in [1.165, 1.54) is 20.3 Å². The van der Waals surface area contributed by atoms with Crippen molar-refractivity contribution in [1.29, 1.82) is 0 Å². The van der Waals surface area contributed by atoms with Gasteiger partial charge in [-0.05, 0) is 75.3 Å². The lowest BCUT2D eigenvalue weighted by Gasteiger charge is -2.36. The fraction of sp³-hybridized carbons (Fsp3) is 0.233. The van der Waals surface area contributed by atoms with Crippen LogP contribution in [0.3, 0.4) is 0 Å². The smallest absolute Gasteiger partial charge is 0.201 e. The van der Waals surface area contributed by atoms with Crippen LogP contribution in [0.1, 0.15) is 46.5 Å². The molecule has 1 aliphatic rings. The maximum atomic E-state index is 13.9. The van der Waals surface area contributed by atoms with Gasteiger partial charge in [0.15, 0.2) is 0 Å². The molecule has 0 aliphatic heterocycles. The van der Waals surface area contributed by atoms with Gasteiger partial charge in [0.25, 0.3) is 0 Å². The molecule has 0 heterocycles. The van der Waals surface area contributed by atoms with Crippen LogP contribution in [-0.2, 0) is 5.41 Å². The molecule has 3 N–H and O–H groups in total. The van der Waals surface area contributed by atoms with E-state index in [1.54, 1.807) is 31.4 Å². The summed E-state index contributed by atoms with van der Waals surface area (Å²) in [5.41, 5.74) is 2.27. The standard InChI is InChI=1S/C30H27BrO7/c1-13-7-15(36-4)11-20(32)22(13)17-10-16(37-5)8-14-9-18-24(27(33)23(14)17)28(34)25-19(30(18,2)3)12-21(38-6)26(31)29(25)35/h7-12,32-33,35H,1-6H3. The molecule has 0 spiro atoms. The number of ether oxygens (including phenoxy) is 3. The van der Waals surface area contributed by atoms with Gasteiger partial charge < -0.3 is 29.5 Å². The van der Waals surface area contributed by atoms with Crippen molar-refractivity contribution in [1.82, 2.24) is 0 Å². The number of phenols is 3. The minimum Gasteiger partial charge on any atom is -0.507 e. The Hall–Kier alpha value is -3.91. The normalized spacial score (nSPS) is 13.7. The molecule has 0 radical (unpaired) electrons. The van der Waals surface area contributed by atoms with Crippen molar-refractivity contribution in [2.75, 3.05) is 21.3 Å². The number of carbonyl (C=O) groups is 1. The van der Waals surface area contributed by atoms with E-state index in [0.717, 1.165) is 0 Å². The van der Waals surface area contributed by atoms with Gasteiger partial charge in [0.05, 0.1) is 32.5 Å². The summed E-state index contributed by atoms with van der Waals surface area (Å²) in [6.07, 6.45) is 0. The second-order valence-corrected chi connectivity index (χ2v) is 10.7. The van der Waals surface area contributed by atoms with Crippen molar-refractivity contribution in [3.05, 3.63) is 68.7 Å². The number of rotatable bonds is 4. The van der Waals surface area contributed by atoms with Gasteiger partial charge in [-0.3, -0.25) is 4.79 Å². The highest BCUT2D eigenvalue weighted by Crippen LogP contribution is 2.54. The molecule has 0 bridgehead atoms. The van der Waals surface area contributed by atoms with Crippen LogP contribution in [0.5, 0.6) is 34.5 Å². The maximum absolute atomic E-state index is 13.9. The molecule has 4 aromatic carbocycles. The maximum Gasteiger partial charge on any atom is 0.201 e. The Morgan fingerprint density at radius 1 is 0.763 bits per heavy atom. The minimum absolute atomic E-state index is 0.0424. The van der Waals surface area contributed by atoms with Crippen LogP contribution in [0.25, 0.3) is 21.9 Å². The van der Waals surface area contributed by atoms with Crippen LogP contribution in [-0.4, -0.2) is 42.4 Å². The molecule has 0 amide bonds. The first kappa shape index (κ1) is 25.7. The summed E-state index contributed by atoms with van der Waals surface area (Å²) >= 11 is 3.33. The van der Waals surface area contributed by atoms with Crippen molar-refractivity contribution < 1.29 is 34.3 Å². The zero-order valence-corrected chi connectivity index (χ0v) is 23.4. The number of halogens is 1. The van der Waals surface area contributed by atoms with Gasteiger partial charge in [0, 0.05) is 28.0 Å². The molecule has 0 saturated carbocycles. The van der Waals surface area contributed by atoms with E-state index < -0.39 is 11.2 Å². The lowest BCUT2D eigenvalue weighted by Crippen LogP contribution is -2.31. The van der Waals surface area contributed by atoms with Crippen molar-refractivity contribution in [3.8, 4) is 45.6 Å². The lowest BCUT2D eigenvalue weighted by molar-refractivity contribution is 0.102. The monoisotopic (exact) mass is 578 g/mol. The van der Waals surface area contributed by atoms with Crippen molar-refractivity contribution in [3.63, 3.8) is 0 Å². The first-order valence-electron chi connectivity index (χ1n) is 11.9. The number of hydrogen-bond donors (Lipinski definition) is 3. The van der Waals surface area contributed by atoms with E-state index in [0.29, 0.717) is 55.8 Å². The number of benzene rings is 4. The highest BCUT2D eigenvalue weighted by atomic mass is 79.9. The lowest BCUT2D eigenvalue weighted by atomic mass is 9.67. The van der Waals surface area contributed by atoms with Gasteiger partial charge in [-0.1, -0.05) is 13.8 Å². The van der Waals surface area contributed by atoms with Gasteiger partial charge in [0.2, 0.25) is 5.78 Å². The summed E-state index contributed by atoms with van der Waals surface area (Å²) in [5.74, 6) is 0.366. The molecule has 38 heavy (non-hydrogen) atoms. The van der Waals surface area contributed by atoms with Crippen LogP contribution in [0.4, 0.5) is 0 Å². The number of carbonyl (C=O) groups excluding carboxylic acids is 1. The molecular formula is C30H27BrO7.